The van der Waals surface area contributed by atoms with Crippen LogP contribution < -0.4 is 0 Å². The van der Waals surface area contributed by atoms with E-state index in [9.17, 15) is 0 Å². The summed E-state index contributed by atoms with van der Waals surface area (Å²) in [5.74, 6) is 0. The SMILES string of the molecule is C=C[C@@](C)(Cl)[C@@H](Cl)/C=C/C(=C/Cl)C(Cl)Cl. The van der Waals surface area contributed by atoms with E-state index in [1.165, 1.54) is 5.54 Å². The van der Waals surface area contributed by atoms with Crippen molar-refractivity contribution in [2.24, 2.45) is 0 Å². The molecule has 0 unspecified atom stereocenters. The third kappa shape index (κ3) is 5.51. The summed E-state index contributed by atoms with van der Waals surface area (Å²) in [7, 11) is 0. The molecule has 0 amide bonds. The van der Waals surface area contributed by atoms with Crippen molar-refractivity contribution in [1.29, 1.82) is 0 Å². The van der Waals surface area contributed by atoms with E-state index in [1.807, 2.05) is 0 Å². The smallest absolute Gasteiger partial charge is 0.116 e. The van der Waals surface area contributed by atoms with E-state index in [0.717, 1.165) is 0 Å². The van der Waals surface area contributed by atoms with Gasteiger partial charge in [0.15, 0.2) is 0 Å². The molecule has 0 spiro atoms. The van der Waals surface area contributed by atoms with Crippen LogP contribution in [0.3, 0.4) is 0 Å². The molecule has 0 aromatic rings. The van der Waals surface area contributed by atoms with Crippen LogP contribution in [0, 0.1) is 0 Å². The Morgan fingerprint density at radius 2 is 1.87 bits per heavy atom. The number of halogens is 5. The van der Waals surface area contributed by atoms with Crippen molar-refractivity contribution in [3.63, 3.8) is 0 Å². The number of hydrogen-bond acceptors (Lipinski definition) is 0. The molecule has 0 bridgehead atoms. The van der Waals surface area contributed by atoms with Gasteiger partial charge in [0.05, 0.1) is 10.3 Å². The Labute approximate surface area is 115 Å². The summed E-state index contributed by atoms with van der Waals surface area (Å²) in [6.07, 6.45) is 4.88. The molecule has 0 aliphatic heterocycles. The Morgan fingerprint density at radius 1 is 1.33 bits per heavy atom. The fourth-order valence-electron chi connectivity index (χ4n) is 0.653. The Bertz CT molecular complexity index is 265. The molecule has 0 heterocycles. The van der Waals surface area contributed by atoms with Gasteiger partial charge in [-0.05, 0) is 12.5 Å². The molecule has 0 aromatic heterocycles. The Hall–Kier alpha value is 0.670. The summed E-state index contributed by atoms with van der Waals surface area (Å²) in [6.45, 7) is 5.35. The molecular formula is C10H11Cl5. The van der Waals surface area contributed by atoms with Crippen molar-refractivity contribution < 1.29 is 0 Å². The standard InChI is InChI=1S/C10H11Cl5/c1-3-10(2,15)8(12)5-4-7(6-11)9(13)14/h3-6,8-9H,1H2,2H3/b5-4+,7-6-/t8-,10+/m0/s1. The Morgan fingerprint density at radius 3 is 2.20 bits per heavy atom. The van der Waals surface area contributed by atoms with Crippen LogP contribution in [0.2, 0.25) is 0 Å². The highest BCUT2D eigenvalue weighted by molar-refractivity contribution is 6.47. The molecule has 0 aromatic carbocycles. The zero-order valence-electron chi connectivity index (χ0n) is 8.06. The van der Waals surface area contributed by atoms with Crippen LogP contribution in [-0.4, -0.2) is 15.1 Å². The quantitative estimate of drug-likeness (QED) is 0.369. The van der Waals surface area contributed by atoms with E-state index in [1.54, 1.807) is 25.2 Å². The van der Waals surface area contributed by atoms with Crippen LogP contribution in [-0.2, 0) is 0 Å². The molecule has 0 saturated carbocycles. The molecular weight excluding hydrogens is 297 g/mol. The van der Waals surface area contributed by atoms with E-state index in [0.29, 0.717) is 5.57 Å². The zero-order chi connectivity index (χ0) is 12.1. The fraction of sp³-hybridized carbons (Fsp3) is 0.400. The molecule has 0 fully saturated rings. The first-order valence-corrected chi connectivity index (χ1v) is 6.20. The lowest BCUT2D eigenvalue weighted by molar-refractivity contribution is 0.801. The maximum atomic E-state index is 6.06. The molecule has 2 atom stereocenters. The highest BCUT2D eigenvalue weighted by Crippen LogP contribution is 2.27. The van der Waals surface area contributed by atoms with Gasteiger partial charge in [-0.3, -0.25) is 0 Å². The van der Waals surface area contributed by atoms with Gasteiger partial charge in [-0.15, -0.1) is 53.0 Å². The van der Waals surface area contributed by atoms with Gasteiger partial charge in [-0.25, -0.2) is 0 Å². The molecule has 0 N–H and O–H groups in total. The molecule has 0 radical (unpaired) electrons. The summed E-state index contributed by atoms with van der Waals surface area (Å²) in [4.78, 5) is -1.41. The van der Waals surface area contributed by atoms with Crippen molar-refractivity contribution in [1.82, 2.24) is 0 Å². The molecule has 0 saturated heterocycles. The van der Waals surface area contributed by atoms with Gasteiger partial charge < -0.3 is 0 Å². The Balaban J connectivity index is 4.60. The average molecular weight is 308 g/mol. The summed E-state index contributed by atoms with van der Waals surface area (Å²) in [6, 6.07) is 0. The normalized spacial score (nSPS) is 19.3. The lowest BCUT2D eigenvalue weighted by Gasteiger charge is -2.20. The lowest BCUT2D eigenvalue weighted by Crippen LogP contribution is -2.24. The third-order valence-corrected chi connectivity index (χ3v) is 3.63. The van der Waals surface area contributed by atoms with Gasteiger partial charge >= 0.3 is 0 Å². The summed E-state index contributed by atoms with van der Waals surface area (Å²) in [5.41, 5.74) is 1.85. The van der Waals surface area contributed by atoms with Crippen LogP contribution in [0.15, 0.2) is 35.9 Å². The van der Waals surface area contributed by atoms with Gasteiger partial charge in [0.1, 0.15) is 4.84 Å². The van der Waals surface area contributed by atoms with Crippen molar-refractivity contribution in [3.05, 3.63) is 35.9 Å². The first kappa shape index (κ1) is 15.7. The predicted octanol–water partition coefficient (Wildman–Crippen LogP) is 5.26. The molecule has 0 aliphatic carbocycles. The molecule has 86 valence electrons. The minimum atomic E-state index is -0.719. The van der Waals surface area contributed by atoms with Gasteiger partial charge in [0.25, 0.3) is 0 Å². The second-order valence-electron chi connectivity index (χ2n) is 3.03. The number of hydrogen-bond donors (Lipinski definition) is 0. The lowest BCUT2D eigenvalue weighted by atomic mass is 10.1. The second-order valence-corrected chi connectivity index (χ2v) is 5.63. The second kappa shape index (κ2) is 7.09. The van der Waals surface area contributed by atoms with Crippen molar-refractivity contribution in [3.8, 4) is 0 Å². The first-order chi connectivity index (χ1) is 6.85. The van der Waals surface area contributed by atoms with Crippen molar-refractivity contribution in [2.45, 2.75) is 22.0 Å². The summed E-state index contributed by atoms with van der Waals surface area (Å²) < 4.78 is 0. The molecule has 15 heavy (non-hydrogen) atoms. The predicted molar refractivity (Wildman–Crippen MR) is 72.7 cm³/mol. The largest absolute Gasteiger partial charge is 0.133 e. The van der Waals surface area contributed by atoms with E-state index in [2.05, 4.69) is 6.58 Å². The third-order valence-electron chi connectivity index (χ3n) is 1.77. The van der Waals surface area contributed by atoms with Crippen molar-refractivity contribution in [2.75, 3.05) is 0 Å². The van der Waals surface area contributed by atoms with Gasteiger partial charge in [-0.2, -0.15) is 0 Å². The number of rotatable bonds is 5. The van der Waals surface area contributed by atoms with Crippen molar-refractivity contribution >= 4 is 58.0 Å². The molecule has 0 nitrogen and oxygen atoms in total. The fourth-order valence-corrected chi connectivity index (χ4v) is 1.49. The van der Waals surface area contributed by atoms with Crippen LogP contribution in [0.1, 0.15) is 6.92 Å². The zero-order valence-corrected chi connectivity index (χ0v) is 11.8. The first-order valence-electron chi connectivity index (χ1n) is 4.08. The highest BCUT2D eigenvalue weighted by atomic mass is 35.5. The Kier molecular flexibility index (Phi) is 7.40. The van der Waals surface area contributed by atoms with E-state index >= 15 is 0 Å². The van der Waals surface area contributed by atoms with Crippen LogP contribution in [0.5, 0.6) is 0 Å². The maximum absolute atomic E-state index is 6.06. The molecule has 0 rings (SSSR count). The van der Waals surface area contributed by atoms with Gasteiger partial charge in [-0.1, -0.05) is 29.8 Å². The van der Waals surface area contributed by atoms with Crippen LogP contribution in [0.4, 0.5) is 0 Å². The van der Waals surface area contributed by atoms with E-state index in [4.69, 9.17) is 58.0 Å². The minimum absolute atomic E-state index is 0.421. The highest BCUT2D eigenvalue weighted by Gasteiger charge is 2.24. The summed E-state index contributed by atoms with van der Waals surface area (Å²) >= 11 is 28.9. The van der Waals surface area contributed by atoms with E-state index < -0.39 is 15.1 Å². The monoisotopic (exact) mass is 306 g/mol. The minimum Gasteiger partial charge on any atom is -0.116 e. The van der Waals surface area contributed by atoms with Gasteiger partial charge in [0, 0.05) is 5.54 Å². The molecule has 5 heteroatoms. The number of alkyl halides is 4. The van der Waals surface area contributed by atoms with Crippen LogP contribution in [0.25, 0.3) is 0 Å². The van der Waals surface area contributed by atoms with Crippen LogP contribution >= 0.6 is 58.0 Å². The number of allylic oxidation sites excluding steroid dienone is 4. The molecule has 0 aliphatic rings. The summed E-state index contributed by atoms with van der Waals surface area (Å²) in [5, 5.41) is -0.421. The van der Waals surface area contributed by atoms with E-state index in [-0.39, 0.29) is 0 Å². The van der Waals surface area contributed by atoms with Gasteiger partial charge in [0.2, 0.25) is 0 Å². The topological polar surface area (TPSA) is 0 Å². The maximum Gasteiger partial charge on any atom is 0.133 e. The average Bonchev–Trinajstić information content (AvgIpc) is 2.17.